The van der Waals surface area contributed by atoms with E-state index in [1.54, 1.807) is 0 Å². The molecule has 19 heavy (non-hydrogen) atoms. The molecule has 110 valence electrons. The van der Waals surface area contributed by atoms with Gasteiger partial charge < -0.3 is 5.32 Å². The van der Waals surface area contributed by atoms with Gasteiger partial charge in [-0.2, -0.15) is 0 Å². The average molecular weight is 273 g/mol. The lowest BCUT2D eigenvalue weighted by Crippen LogP contribution is -2.43. The third kappa shape index (κ3) is 4.15. The third-order valence-electron chi connectivity index (χ3n) is 4.77. The topological polar surface area (TPSA) is 29.1 Å². The molecular weight excluding hydrogens is 248 g/mol. The molecule has 2 aliphatic carbocycles. The van der Waals surface area contributed by atoms with Gasteiger partial charge in [0, 0.05) is 24.8 Å². The standard InChI is InChI=1S/C15H25F2NO/c1-14(2)7-5-12(6-8-14)18-13(19)11-3-9-15(16,17)10-4-11/h11-12H,3-10H2,1-2H3,(H,18,19). The largest absolute Gasteiger partial charge is 0.353 e. The van der Waals surface area contributed by atoms with Crippen LogP contribution in [0.25, 0.3) is 0 Å². The van der Waals surface area contributed by atoms with E-state index in [9.17, 15) is 13.6 Å². The van der Waals surface area contributed by atoms with E-state index >= 15 is 0 Å². The van der Waals surface area contributed by atoms with Crippen molar-refractivity contribution in [1.29, 1.82) is 0 Å². The van der Waals surface area contributed by atoms with Crippen molar-refractivity contribution in [2.75, 3.05) is 0 Å². The molecule has 1 N–H and O–H groups in total. The Balaban J connectivity index is 1.76. The summed E-state index contributed by atoms with van der Waals surface area (Å²) in [7, 11) is 0. The Labute approximate surface area is 114 Å². The molecule has 0 aromatic heterocycles. The van der Waals surface area contributed by atoms with Gasteiger partial charge in [-0.1, -0.05) is 13.8 Å². The fraction of sp³-hybridized carbons (Fsp3) is 0.933. The fourth-order valence-corrected chi connectivity index (χ4v) is 3.16. The molecule has 4 heteroatoms. The molecule has 0 spiro atoms. The Kier molecular flexibility index (Phi) is 4.17. The molecule has 0 atom stereocenters. The van der Waals surface area contributed by atoms with E-state index in [2.05, 4.69) is 19.2 Å². The van der Waals surface area contributed by atoms with Gasteiger partial charge in [-0.05, 0) is 43.9 Å². The van der Waals surface area contributed by atoms with Gasteiger partial charge in [0.1, 0.15) is 0 Å². The molecule has 0 bridgehead atoms. The maximum Gasteiger partial charge on any atom is 0.248 e. The molecule has 0 aromatic carbocycles. The molecule has 0 aliphatic heterocycles. The molecule has 0 aromatic rings. The van der Waals surface area contributed by atoms with Gasteiger partial charge in [0.05, 0.1) is 0 Å². The minimum atomic E-state index is -2.55. The summed E-state index contributed by atoms with van der Waals surface area (Å²) >= 11 is 0. The number of alkyl halides is 2. The van der Waals surface area contributed by atoms with E-state index in [0.717, 1.165) is 25.7 Å². The fourth-order valence-electron chi connectivity index (χ4n) is 3.16. The number of rotatable bonds is 2. The second-order valence-electron chi connectivity index (χ2n) is 7.08. The van der Waals surface area contributed by atoms with E-state index < -0.39 is 5.92 Å². The highest BCUT2D eigenvalue weighted by molar-refractivity contribution is 5.79. The molecule has 0 heterocycles. The zero-order chi connectivity index (χ0) is 14.1. The monoisotopic (exact) mass is 273 g/mol. The van der Waals surface area contributed by atoms with Crippen molar-refractivity contribution in [2.24, 2.45) is 11.3 Å². The number of hydrogen-bond donors (Lipinski definition) is 1. The van der Waals surface area contributed by atoms with E-state index in [1.165, 1.54) is 0 Å². The lowest BCUT2D eigenvalue weighted by Gasteiger charge is -2.36. The molecule has 2 fully saturated rings. The first-order chi connectivity index (χ1) is 8.77. The lowest BCUT2D eigenvalue weighted by atomic mass is 9.75. The van der Waals surface area contributed by atoms with Crippen LogP contribution < -0.4 is 5.32 Å². The van der Waals surface area contributed by atoms with Gasteiger partial charge in [0.25, 0.3) is 0 Å². The van der Waals surface area contributed by atoms with Gasteiger partial charge in [-0.25, -0.2) is 8.78 Å². The molecule has 2 aliphatic rings. The van der Waals surface area contributed by atoms with Crippen molar-refractivity contribution < 1.29 is 13.6 Å². The normalized spacial score (nSPS) is 28.0. The molecular formula is C15H25F2NO. The van der Waals surface area contributed by atoms with Crippen LogP contribution in [0.2, 0.25) is 0 Å². The number of carbonyl (C=O) groups excluding carboxylic acids is 1. The van der Waals surface area contributed by atoms with Gasteiger partial charge in [0.15, 0.2) is 0 Å². The van der Waals surface area contributed by atoms with Gasteiger partial charge in [-0.3, -0.25) is 4.79 Å². The van der Waals surface area contributed by atoms with Crippen LogP contribution >= 0.6 is 0 Å². The highest BCUT2D eigenvalue weighted by Gasteiger charge is 2.38. The van der Waals surface area contributed by atoms with Crippen molar-refractivity contribution in [2.45, 2.75) is 77.2 Å². The minimum Gasteiger partial charge on any atom is -0.353 e. The molecule has 0 saturated heterocycles. The van der Waals surface area contributed by atoms with Crippen LogP contribution in [-0.4, -0.2) is 17.9 Å². The van der Waals surface area contributed by atoms with E-state index in [1.807, 2.05) is 0 Å². The maximum atomic E-state index is 13.1. The van der Waals surface area contributed by atoms with Gasteiger partial charge in [-0.15, -0.1) is 0 Å². The van der Waals surface area contributed by atoms with Crippen LogP contribution in [0.3, 0.4) is 0 Å². The maximum absolute atomic E-state index is 13.1. The van der Waals surface area contributed by atoms with Crippen molar-refractivity contribution in [3.8, 4) is 0 Å². The van der Waals surface area contributed by atoms with Gasteiger partial charge >= 0.3 is 0 Å². The quantitative estimate of drug-likeness (QED) is 0.812. The van der Waals surface area contributed by atoms with Crippen molar-refractivity contribution in [3.63, 3.8) is 0 Å². The van der Waals surface area contributed by atoms with Crippen LogP contribution in [0, 0.1) is 11.3 Å². The Morgan fingerprint density at radius 1 is 1.00 bits per heavy atom. The number of carbonyl (C=O) groups is 1. The number of nitrogens with one attached hydrogen (secondary N) is 1. The molecule has 0 unspecified atom stereocenters. The predicted molar refractivity (Wildman–Crippen MR) is 71.1 cm³/mol. The first kappa shape index (κ1) is 14.7. The van der Waals surface area contributed by atoms with Crippen LogP contribution in [0.4, 0.5) is 8.78 Å². The van der Waals surface area contributed by atoms with Crippen molar-refractivity contribution in [3.05, 3.63) is 0 Å². The smallest absolute Gasteiger partial charge is 0.248 e. The summed E-state index contributed by atoms with van der Waals surface area (Å²) in [5.41, 5.74) is 0.383. The zero-order valence-electron chi connectivity index (χ0n) is 12.0. The van der Waals surface area contributed by atoms with Crippen molar-refractivity contribution in [1.82, 2.24) is 5.32 Å². The van der Waals surface area contributed by atoms with E-state index in [-0.39, 0.29) is 30.7 Å². The van der Waals surface area contributed by atoms with Gasteiger partial charge in [0.2, 0.25) is 11.8 Å². The Hall–Kier alpha value is -0.670. The Bertz CT molecular complexity index is 321. The Morgan fingerprint density at radius 3 is 2.05 bits per heavy atom. The van der Waals surface area contributed by atoms with E-state index in [4.69, 9.17) is 0 Å². The first-order valence-corrected chi connectivity index (χ1v) is 7.46. The number of hydrogen-bond acceptors (Lipinski definition) is 1. The SMILES string of the molecule is CC1(C)CCC(NC(=O)C2CCC(F)(F)CC2)CC1. The number of amides is 1. The summed E-state index contributed by atoms with van der Waals surface area (Å²) in [5, 5.41) is 3.07. The minimum absolute atomic E-state index is 0.000191. The summed E-state index contributed by atoms with van der Waals surface area (Å²) in [6.07, 6.45) is 4.67. The zero-order valence-corrected chi connectivity index (χ0v) is 12.0. The molecule has 0 radical (unpaired) electrons. The van der Waals surface area contributed by atoms with Crippen molar-refractivity contribution >= 4 is 5.91 Å². The number of halogens is 2. The summed E-state index contributed by atoms with van der Waals surface area (Å²) in [4.78, 5) is 12.1. The summed E-state index contributed by atoms with van der Waals surface area (Å²) in [6.45, 7) is 4.52. The predicted octanol–water partition coefficient (Wildman–Crippen LogP) is 3.90. The highest BCUT2D eigenvalue weighted by atomic mass is 19.3. The molecule has 1 amide bonds. The second-order valence-corrected chi connectivity index (χ2v) is 7.08. The second kappa shape index (κ2) is 5.37. The van der Waals surface area contributed by atoms with Crippen LogP contribution in [0.5, 0.6) is 0 Å². The van der Waals surface area contributed by atoms with Crippen LogP contribution in [0.15, 0.2) is 0 Å². The summed E-state index contributed by atoms with van der Waals surface area (Å²) in [5.74, 6) is -2.75. The Morgan fingerprint density at radius 2 is 1.53 bits per heavy atom. The summed E-state index contributed by atoms with van der Waals surface area (Å²) < 4.78 is 26.1. The highest BCUT2D eigenvalue weighted by Crippen LogP contribution is 2.37. The van der Waals surface area contributed by atoms with Crippen LogP contribution in [-0.2, 0) is 4.79 Å². The molecule has 2 nitrogen and oxygen atoms in total. The lowest BCUT2D eigenvalue weighted by molar-refractivity contribution is -0.130. The molecule has 2 rings (SSSR count). The van der Waals surface area contributed by atoms with Crippen LogP contribution in [0.1, 0.15) is 65.2 Å². The van der Waals surface area contributed by atoms with E-state index in [0.29, 0.717) is 18.3 Å². The first-order valence-electron chi connectivity index (χ1n) is 7.46. The average Bonchev–Trinajstić information content (AvgIpc) is 2.31. The summed E-state index contributed by atoms with van der Waals surface area (Å²) in [6, 6.07) is 0.253. The molecule has 2 saturated carbocycles. The third-order valence-corrected chi connectivity index (χ3v) is 4.77.